The number of para-hydroxylation sites is 1. The summed E-state index contributed by atoms with van der Waals surface area (Å²) in [5.74, 6) is -3.54. The number of rotatable bonds is 4. The lowest BCUT2D eigenvalue weighted by molar-refractivity contribution is -0.274. The molecule has 1 N–H and O–H groups in total. The SMILES string of the molecule is O=C(O)C(F)(F)F.O=C1N(c2ccc(OC(F)(F)F)cc2)C(=O)C2(CC2)N1Cc1ccnc2ccccc12. The molecule has 1 aromatic heterocycles. The van der Waals surface area contributed by atoms with Gasteiger partial charge in [0, 0.05) is 18.1 Å². The van der Waals surface area contributed by atoms with Gasteiger partial charge in [-0.25, -0.2) is 14.5 Å². The van der Waals surface area contributed by atoms with Gasteiger partial charge in [-0.05, 0) is 54.8 Å². The van der Waals surface area contributed by atoms with Crippen LogP contribution in [0.1, 0.15) is 18.4 Å². The van der Waals surface area contributed by atoms with Gasteiger partial charge >= 0.3 is 24.5 Å². The molecule has 0 atom stereocenters. The second kappa shape index (κ2) is 9.50. The lowest BCUT2D eigenvalue weighted by Crippen LogP contribution is -2.36. The molecule has 2 fully saturated rings. The van der Waals surface area contributed by atoms with E-state index in [4.69, 9.17) is 9.90 Å². The number of hydrogen-bond donors (Lipinski definition) is 1. The molecule has 0 bridgehead atoms. The summed E-state index contributed by atoms with van der Waals surface area (Å²) in [7, 11) is 0. The van der Waals surface area contributed by atoms with Gasteiger partial charge in [-0.1, -0.05) is 18.2 Å². The van der Waals surface area contributed by atoms with Gasteiger partial charge in [0.1, 0.15) is 11.3 Å². The van der Waals surface area contributed by atoms with Crippen molar-refractivity contribution in [2.24, 2.45) is 0 Å². The fourth-order valence-corrected chi connectivity index (χ4v) is 4.02. The van der Waals surface area contributed by atoms with Crippen LogP contribution in [0, 0.1) is 0 Å². The first kappa shape index (κ1) is 26.7. The zero-order valence-electron chi connectivity index (χ0n) is 19.1. The number of anilines is 1. The van der Waals surface area contributed by atoms with Gasteiger partial charge in [-0.2, -0.15) is 13.2 Å². The molecule has 8 nitrogen and oxygen atoms in total. The standard InChI is InChI=1S/C22H16F3N3O3.C2HF3O2/c23-22(24,25)31-16-7-5-15(6-8-16)28-19(29)21(10-11-21)27(20(28)30)13-14-9-12-26-18-4-2-1-3-17(14)18;3-2(4,5)1(6)7/h1-9,12H,10-11,13H2;(H,6,7). The molecule has 3 aromatic rings. The van der Waals surface area contributed by atoms with E-state index in [1.54, 1.807) is 11.1 Å². The number of ether oxygens (including phenoxy) is 1. The van der Waals surface area contributed by atoms with Crippen molar-refractivity contribution in [2.75, 3.05) is 4.90 Å². The average molecular weight is 541 g/mol. The monoisotopic (exact) mass is 541 g/mol. The summed E-state index contributed by atoms with van der Waals surface area (Å²) >= 11 is 0. The van der Waals surface area contributed by atoms with Gasteiger partial charge in [-0.15, -0.1) is 13.2 Å². The number of carboxylic acid groups (broad SMARTS) is 1. The van der Waals surface area contributed by atoms with Gasteiger partial charge in [0.2, 0.25) is 0 Å². The Labute approximate surface area is 210 Å². The summed E-state index contributed by atoms with van der Waals surface area (Å²) in [4.78, 5) is 42.2. The number of urea groups is 1. The lowest BCUT2D eigenvalue weighted by atomic mass is 10.1. The van der Waals surface area contributed by atoms with E-state index in [0.29, 0.717) is 12.8 Å². The van der Waals surface area contributed by atoms with Gasteiger partial charge in [-0.3, -0.25) is 9.78 Å². The number of benzene rings is 2. The zero-order valence-corrected chi connectivity index (χ0v) is 19.1. The minimum absolute atomic E-state index is 0.206. The van der Waals surface area contributed by atoms with Crippen LogP contribution in [0.25, 0.3) is 10.9 Å². The van der Waals surface area contributed by atoms with Crippen molar-refractivity contribution in [3.05, 3.63) is 66.4 Å². The van der Waals surface area contributed by atoms with Crippen molar-refractivity contribution in [1.29, 1.82) is 0 Å². The van der Waals surface area contributed by atoms with E-state index in [1.165, 1.54) is 12.1 Å². The van der Waals surface area contributed by atoms with E-state index in [9.17, 15) is 35.9 Å². The molecule has 1 aliphatic heterocycles. The smallest absolute Gasteiger partial charge is 0.475 e. The molecule has 1 saturated heterocycles. The van der Waals surface area contributed by atoms with Crippen molar-refractivity contribution >= 4 is 34.5 Å². The maximum atomic E-state index is 13.2. The first-order chi connectivity index (χ1) is 17.7. The first-order valence-electron chi connectivity index (χ1n) is 10.9. The number of carbonyl (C=O) groups excluding carboxylic acids is 2. The quantitative estimate of drug-likeness (QED) is 0.357. The number of carbonyl (C=O) groups is 3. The van der Waals surface area contributed by atoms with Gasteiger partial charge < -0.3 is 14.7 Å². The molecule has 2 aliphatic rings. The molecule has 14 heteroatoms. The van der Waals surface area contributed by atoms with E-state index < -0.39 is 35.8 Å². The number of aliphatic carboxylic acids is 1. The Morgan fingerprint density at radius 1 is 0.974 bits per heavy atom. The number of amides is 3. The molecule has 1 saturated carbocycles. The molecular weight excluding hydrogens is 524 g/mol. The normalized spacial score (nSPS) is 16.5. The van der Waals surface area contributed by atoms with Crippen LogP contribution < -0.4 is 9.64 Å². The van der Waals surface area contributed by atoms with E-state index in [2.05, 4.69) is 9.72 Å². The summed E-state index contributed by atoms with van der Waals surface area (Å²) < 4.78 is 72.8. The number of pyridine rings is 1. The topological polar surface area (TPSA) is 100 Å². The first-order valence-corrected chi connectivity index (χ1v) is 10.9. The highest BCUT2D eigenvalue weighted by atomic mass is 19.4. The fourth-order valence-electron chi connectivity index (χ4n) is 4.02. The number of imide groups is 1. The Bertz CT molecular complexity index is 1380. The molecule has 200 valence electrons. The lowest BCUT2D eigenvalue weighted by Gasteiger charge is -2.22. The molecular formula is C24H17F6N3O5. The van der Waals surface area contributed by atoms with Gasteiger partial charge in [0.05, 0.1) is 11.2 Å². The van der Waals surface area contributed by atoms with Crippen LogP contribution in [0.15, 0.2) is 60.8 Å². The molecule has 5 rings (SSSR count). The Hall–Kier alpha value is -4.36. The Kier molecular flexibility index (Phi) is 6.68. The molecule has 38 heavy (non-hydrogen) atoms. The molecule has 1 spiro atoms. The van der Waals surface area contributed by atoms with Crippen LogP contribution in [-0.2, 0) is 16.1 Å². The minimum atomic E-state index is -5.08. The van der Waals surface area contributed by atoms with Crippen LogP contribution in [-0.4, -0.2) is 51.0 Å². The predicted octanol–water partition coefficient (Wildman–Crippen LogP) is 5.27. The number of aromatic nitrogens is 1. The Morgan fingerprint density at radius 3 is 2.13 bits per heavy atom. The van der Waals surface area contributed by atoms with Gasteiger partial charge in [0.25, 0.3) is 5.91 Å². The maximum Gasteiger partial charge on any atom is 0.573 e. The Balaban J connectivity index is 0.000000426. The summed E-state index contributed by atoms with van der Waals surface area (Å²) in [6.07, 6.45) is -7.14. The highest BCUT2D eigenvalue weighted by Gasteiger charge is 2.65. The molecule has 2 heterocycles. The number of halogens is 6. The third kappa shape index (κ3) is 5.33. The van der Waals surface area contributed by atoms with Crippen molar-refractivity contribution in [2.45, 2.75) is 37.5 Å². The van der Waals surface area contributed by atoms with Crippen molar-refractivity contribution in [1.82, 2.24) is 9.88 Å². The number of fused-ring (bicyclic) bond motifs is 1. The number of nitrogens with zero attached hydrogens (tertiary/aromatic N) is 3. The van der Waals surface area contributed by atoms with E-state index in [-0.39, 0.29) is 18.1 Å². The summed E-state index contributed by atoms with van der Waals surface area (Å²) in [5.41, 5.74) is 0.967. The summed E-state index contributed by atoms with van der Waals surface area (Å²) in [5, 5.41) is 8.02. The highest BCUT2D eigenvalue weighted by Crippen LogP contribution is 2.50. The number of hydrogen-bond acceptors (Lipinski definition) is 5. The van der Waals surface area contributed by atoms with E-state index in [0.717, 1.165) is 33.5 Å². The number of carboxylic acids is 1. The minimum Gasteiger partial charge on any atom is -0.475 e. The third-order valence-corrected chi connectivity index (χ3v) is 5.90. The summed E-state index contributed by atoms with van der Waals surface area (Å²) in [6, 6.07) is 13.6. The second-order valence-corrected chi connectivity index (χ2v) is 8.37. The molecule has 0 radical (unpaired) electrons. The third-order valence-electron chi connectivity index (χ3n) is 5.90. The average Bonchev–Trinajstić information content (AvgIpc) is 3.61. The van der Waals surface area contributed by atoms with E-state index in [1.807, 2.05) is 30.3 Å². The Morgan fingerprint density at radius 2 is 1.58 bits per heavy atom. The molecule has 3 amide bonds. The molecule has 1 aliphatic carbocycles. The van der Waals surface area contributed by atoms with Crippen molar-refractivity contribution in [3.63, 3.8) is 0 Å². The maximum absolute atomic E-state index is 13.2. The molecule has 0 unspecified atom stereocenters. The van der Waals surface area contributed by atoms with Gasteiger partial charge in [0.15, 0.2) is 0 Å². The number of alkyl halides is 6. The fraction of sp³-hybridized carbons (Fsp3) is 0.250. The van der Waals surface area contributed by atoms with Crippen LogP contribution in [0.4, 0.5) is 36.8 Å². The summed E-state index contributed by atoms with van der Waals surface area (Å²) in [6.45, 7) is 0.235. The van der Waals surface area contributed by atoms with E-state index >= 15 is 0 Å². The zero-order chi connectivity index (χ0) is 27.9. The largest absolute Gasteiger partial charge is 0.573 e. The highest BCUT2D eigenvalue weighted by molar-refractivity contribution is 6.24. The van der Waals surface area contributed by atoms with Crippen LogP contribution >= 0.6 is 0 Å². The van der Waals surface area contributed by atoms with Crippen LogP contribution in [0.5, 0.6) is 5.75 Å². The van der Waals surface area contributed by atoms with Crippen molar-refractivity contribution < 1.29 is 50.6 Å². The van der Waals surface area contributed by atoms with Crippen molar-refractivity contribution in [3.8, 4) is 5.75 Å². The predicted molar refractivity (Wildman–Crippen MR) is 119 cm³/mol. The second-order valence-electron chi connectivity index (χ2n) is 8.37. The van der Waals surface area contributed by atoms with Crippen LogP contribution in [0.2, 0.25) is 0 Å². The van der Waals surface area contributed by atoms with Crippen LogP contribution in [0.3, 0.4) is 0 Å². The molecule has 2 aromatic carbocycles.